The van der Waals surface area contributed by atoms with Crippen molar-refractivity contribution in [3.05, 3.63) is 40.6 Å². The van der Waals surface area contributed by atoms with Crippen molar-refractivity contribution in [1.82, 2.24) is 9.97 Å². The zero-order chi connectivity index (χ0) is 14.5. The molecule has 2 N–H and O–H groups in total. The number of aromatic nitrogens is 2. The van der Waals surface area contributed by atoms with Crippen molar-refractivity contribution in [2.24, 2.45) is 0 Å². The van der Waals surface area contributed by atoms with E-state index in [9.17, 15) is 0 Å². The van der Waals surface area contributed by atoms with Crippen molar-refractivity contribution in [3.63, 3.8) is 0 Å². The van der Waals surface area contributed by atoms with Crippen molar-refractivity contribution >= 4 is 33.3 Å². The highest BCUT2D eigenvalue weighted by Gasteiger charge is 2.06. The molecule has 0 bridgehead atoms. The van der Waals surface area contributed by atoms with E-state index in [4.69, 9.17) is 5.11 Å². The van der Waals surface area contributed by atoms with Crippen LogP contribution in [-0.2, 0) is 0 Å². The zero-order valence-electron chi connectivity index (χ0n) is 11.5. The van der Waals surface area contributed by atoms with E-state index in [1.165, 1.54) is 0 Å². The van der Waals surface area contributed by atoms with Gasteiger partial charge < -0.3 is 15.3 Å². The van der Waals surface area contributed by atoms with Crippen molar-refractivity contribution in [2.75, 3.05) is 30.4 Å². The lowest BCUT2D eigenvalue weighted by Gasteiger charge is -2.18. The molecule has 0 aliphatic heterocycles. The first-order chi connectivity index (χ1) is 9.58. The fraction of sp³-hybridized carbons (Fsp3) is 0.286. The molecule has 5 nitrogen and oxygen atoms in total. The van der Waals surface area contributed by atoms with Gasteiger partial charge in [0.1, 0.15) is 17.5 Å². The van der Waals surface area contributed by atoms with Crippen LogP contribution in [0.5, 0.6) is 0 Å². The molecular weight excluding hydrogens is 320 g/mol. The predicted molar refractivity (Wildman–Crippen MR) is 84.5 cm³/mol. The van der Waals surface area contributed by atoms with Crippen molar-refractivity contribution < 1.29 is 5.11 Å². The fourth-order valence-electron chi connectivity index (χ4n) is 1.76. The van der Waals surface area contributed by atoms with Gasteiger partial charge in [-0.2, -0.15) is 0 Å². The third kappa shape index (κ3) is 3.91. The summed E-state index contributed by atoms with van der Waals surface area (Å²) in [5, 5.41) is 12.2. The molecule has 0 radical (unpaired) electrons. The average Bonchev–Trinajstić information content (AvgIpc) is 2.41. The Labute approximate surface area is 126 Å². The van der Waals surface area contributed by atoms with Gasteiger partial charge in [0.05, 0.1) is 6.61 Å². The largest absolute Gasteiger partial charge is 0.395 e. The summed E-state index contributed by atoms with van der Waals surface area (Å²) >= 11 is 3.41. The van der Waals surface area contributed by atoms with E-state index in [0.29, 0.717) is 12.4 Å². The normalized spacial score (nSPS) is 10.4. The van der Waals surface area contributed by atoms with Gasteiger partial charge in [0.25, 0.3) is 0 Å². The minimum absolute atomic E-state index is 0.0923. The van der Waals surface area contributed by atoms with Crippen LogP contribution in [0.2, 0.25) is 0 Å². The molecule has 6 heteroatoms. The summed E-state index contributed by atoms with van der Waals surface area (Å²) in [6.45, 7) is 2.48. The van der Waals surface area contributed by atoms with Gasteiger partial charge in [-0.1, -0.05) is 15.9 Å². The molecule has 0 aliphatic rings. The number of halogens is 1. The topological polar surface area (TPSA) is 61.3 Å². The number of nitrogens with one attached hydrogen (secondary N) is 1. The van der Waals surface area contributed by atoms with Crippen LogP contribution in [0.3, 0.4) is 0 Å². The first-order valence-electron chi connectivity index (χ1n) is 6.29. The molecule has 0 saturated heterocycles. The number of likely N-dealkylation sites (N-methyl/N-ethyl adjacent to an activating group) is 1. The minimum atomic E-state index is 0.0923. The molecule has 1 aromatic carbocycles. The van der Waals surface area contributed by atoms with Gasteiger partial charge in [-0.3, -0.25) is 0 Å². The van der Waals surface area contributed by atoms with Gasteiger partial charge in [0.2, 0.25) is 0 Å². The Balaban J connectivity index is 2.21. The number of benzene rings is 1. The molecule has 1 aromatic heterocycles. The highest BCUT2D eigenvalue weighted by molar-refractivity contribution is 9.10. The number of hydrogen-bond acceptors (Lipinski definition) is 5. The standard InChI is InChI=1S/C14H17BrN4O/c1-10-16-13(9-14(17-10)19(2)7-8-20)18-12-5-3-11(15)4-6-12/h3-6,9,20H,7-8H2,1-2H3,(H,16,17,18). The van der Waals surface area contributed by atoms with E-state index in [0.717, 1.165) is 21.8 Å². The maximum Gasteiger partial charge on any atom is 0.136 e. The molecule has 2 aromatic rings. The Bertz CT molecular complexity index is 574. The smallest absolute Gasteiger partial charge is 0.136 e. The molecule has 0 atom stereocenters. The van der Waals surface area contributed by atoms with Crippen LogP contribution >= 0.6 is 15.9 Å². The summed E-state index contributed by atoms with van der Waals surface area (Å²) in [7, 11) is 1.89. The number of hydrogen-bond donors (Lipinski definition) is 2. The summed E-state index contributed by atoms with van der Waals surface area (Å²) in [5.41, 5.74) is 0.960. The third-order valence-corrected chi connectivity index (χ3v) is 3.30. The Kier molecular flexibility index (Phi) is 4.92. The van der Waals surface area contributed by atoms with Crippen molar-refractivity contribution in [3.8, 4) is 0 Å². The average molecular weight is 337 g/mol. The summed E-state index contributed by atoms with van der Waals surface area (Å²) in [5.74, 6) is 2.21. The van der Waals surface area contributed by atoms with Crippen LogP contribution in [0.15, 0.2) is 34.8 Å². The molecule has 0 amide bonds. The predicted octanol–water partition coefficient (Wildman–Crippen LogP) is 2.72. The quantitative estimate of drug-likeness (QED) is 0.879. The highest BCUT2D eigenvalue weighted by atomic mass is 79.9. The molecule has 20 heavy (non-hydrogen) atoms. The van der Waals surface area contributed by atoms with Crippen molar-refractivity contribution in [1.29, 1.82) is 0 Å². The lowest BCUT2D eigenvalue weighted by atomic mass is 10.3. The molecule has 106 valence electrons. The minimum Gasteiger partial charge on any atom is -0.395 e. The third-order valence-electron chi connectivity index (χ3n) is 2.77. The van der Waals surface area contributed by atoms with E-state index in [-0.39, 0.29) is 6.61 Å². The second kappa shape index (κ2) is 6.67. The van der Waals surface area contributed by atoms with Gasteiger partial charge in [0, 0.05) is 29.8 Å². The Morgan fingerprint density at radius 1 is 1.25 bits per heavy atom. The van der Waals surface area contributed by atoms with E-state index in [1.54, 1.807) is 0 Å². The molecular formula is C14H17BrN4O. The van der Waals surface area contributed by atoms with Gasteiger partial charge in [-0.25, -0.2) is 9.97 Å². The Morgan fingerprint density at radius 2 is 1.95 bits per heavy atom. The molecule has 1 heterocycles. The van der Waals surface area contributed by atoms with Crippen LogP contribution in [0.25, 0.3) is 0 Å². The van der Waals surface area contributed by atoms with Crippen LogP contribution in [0.4, 0.5) is 17.3 Å². The van der Waals surface area contributed by atoms with Gasteiger partial charge in [0.15, 0.2) is 0 Å². The summed E-state index contributed by atoms with van der Waals surface area (Å²) in [6, 6.07) is 9.74. The summed E-state index contributed by atoms with van der Waals surface area (Å²) < 4.78 is 1.03. The monoisotopic (exact) mass is 336 g/mol. The Hall–Kier alpha value is -1.66. The zero-order valence-corrected chi connectivity index (χ0v) is 13.1. The van der Waals surface area contributed by atoms with Crippen molar-refractivity contribution in [2.45, 2.75) is 6.92 Å². The summed E-state index contributed by atoms with van der Waals surface area (Å²) in [6.07, 6.45) is 0. The second-order valence-corrected chi connectivity index (χ2v) is 5.35. The first kappa shape index (κ1) is 14.7. The van der Waals surface area contributed by atoms with Gasteiger partial charge in [-0.05, 0) is 31.2 Å². The van der Waals surface area contributed by atoms with Crippen LogP contribution in [0.1, 0.15) is 5.82 Å². The lowest BCUT2D eigenvalue weighted by molar-refractivity contribution is 0.304. The van der Waals surface area contributed by atoms with E-state index >= 15 is 0 Å². The number of aliphatic hydroxyl groups excluding tert-OH is 1. The number of anilines is 3. The molecule has 2 rings (SSSR count). The molecule has 0 aliphatic carbocycles. The van der Waals surface area contributed by atoms with E-state index < -0.39 is 0 Å². The molecule has 0 spiro atoms. The van der Waals surface area contributed by atoms with Gasteiger partial charge in [-0.15, -0.1) is 0 Å². The molecule has 0 saturated carbocycles. The fourth-order valence-corrected chi connectivity index (χ4v) is 2.02. The number of aryl methyl sites for hydroxylation is 1. The number of rotatable bonds is 5. The number of nitrogens with zero attached hydrogens (tertiary/aromatic N) is 3. The van der Waals surface area contributed by atoms with E-state index in [2.05, 4.69) is 31.2 Å². The van der Waals surface area contributed by atoms with Gasteiger partial charge >= 0.3 is 0 Å². The van der Waals surface area contributed by atoms with Crippen LogP contribution in [0, 0.1) is 6.92 Å². The SMILES string of the molecule is Cc1nc(Nc2ccc(Br)cc2)cc(N(C)CCO)n1. The Morgan fingerprint density at radius 3 is 2.60 bits per heavy atom. The highest BCUT2D eigenvalue weighted by Crippen LogP contribution is 2.20. The first-order valence-corrected chi connectivity index (χ1v) is 7.08. The number of aliphatic hydroxyl groups is 1. The second-order valence-electron chi connectivity index (χ2n) is 4.44. The van der Waals surface area contributed by atoms with E-state index in [1.807, 2.05) is 49.2 Å². The maximum atomic E-state index is 8.99. The van der Waals surface area contributed by atoms with Crippen LogP contribution in [-0.4, -0.2) is 35.3 Å². The maximum absolute atomic E-state index is 8.99. The lowest BCUT2D eigenvalue weighted by Crippen LogP contribution is -2.22. The molecule has 0 fully saturated rings. The molecule has 0 unspecified atom stereocenters. The summed E-state index contributed by atoms with van der Waals surface area (Å²) in [4.78, 5) is 10.6. The van der Waals surface area contributed by atoms with Crippen LogP contribution < -0.4 is 10.2 Å².